The van der Waals surface area contributed by atoms with Crippen LogP contribution < -0.4 is 5.32 Å². The van der Waals surface area contributed by atoms with Crippen LogP contribution in [0, 0.1) is 5.82 Å². The van der Waals surface area contributed by atoms with Crippen LogP contribution in [0.3, 0.4) is 0 Å². The van der Waals surface area contributed by atoms with Gasteiger partial charge in [0.1, 0.15) is 12.1 Å². The number of halogens is 1. The fourth-order valence-electron chi connectivity index (χ4n) is 2.70. The van der Waals surface area contributed by atoms with Gasteiger partial charge in [-0.05, 0) is 30.0 Å². The maximum atomic E-state index is 13.0. The maximum Gasteiger partial charge on any atom is 0.220 e. The van der Waals surface area contributed by atoms with Crippen LogP contribution in [0.2, 0.25) is 0 Å². The first-order valence-electron chi connectivity index (χ1n) is 7.95. The second-order valence-corrected chi connectivity index (χ2v) is 6.48. The summed E-state index contributed by atoms with van der Waals surface area (Å²) in [6.45, 7) is 2.60. The molecular formula is C17H19FN4OS. The van der Waals surface area contributed by atoms with Crippen LogP contribution in [0.5, 0.6) is 0 Å². The molecule has 2 heterocycles. The van der Waals surface area contributed by atoms with Gasteiger partial charge in [0.15, 0.2) is 0 Å². The molecule has 126 valence electrons. The normalized spacial score (nSPS) is 12.4. The number of carbonyl (C=O) groups is 1. The van der Waals surface area contributed by atoms with Gasteiger partial charge < -0.3 is 5.32 Å². The number of carbonyl (C=O) groups excluding carboxylic acids is 1. The molecule has 3 aromatic rings. The van der Waals surface area contributed by atoms with Gasteiger partial charge in [0.25, 0.3) is 0 Å². The van der Waals surface area contributed by atoms with Crippen LogP contribution in [-0.2, 0) is 11.2 Å². The largest absolute Gasteiger partial charge is 0.356 e. The molecule has 1 unspecified atom stereocenters. The standard InChI is InChI=1S/C17H19FN4OS/c1-2-12(13-3-5-14(18)6-4-13)9-16(23)19-8-7-15-10-24-17-20-11-21-22(15)17/h3-6,10-12H,2,7-9H2,1H3,(H,19,23). The summed E-state index contributed by atoms with van der Waals surface area (Å²) in [7, 11) is 0. The Morgan fingerprint density at radius 1 is 1.38 bits per heavy atom. The zero-order valence-corrected chi connectivity index (χ0v) is 14.2. The van der Waals surface area contributed by atoms with Crippen molar-refractivity contribution in [2.24, 2.45) is 0 Å². The highest BCUT2D eigenvalue weighted by Gasteiger charge is 2.14. The molecular weight excluding hydrogens is 327 g/mol. The average Bonchev–Trinajstić information content (AvgIpc) is 3.18. The van der Waals surface area contributed by atoms with Crippen LogP contribution in [0.1, 0.15) is 36.9 Å². The van der Waals surface area contributed by atoms with Gasteiger partial charge >= 0.3 is 0 Å². The first-order chi connectivity index (χ1) is 11.7. The maximum absolute atomic E-state index is 13.0. The topological polar surface area (TPSA) is 59.3 Å². The van der Waals surface area contributed by atoms with E-state index in [1.54, 1.807) is 16.6 Å². The molecule has 0 aliphatic carbocycles. The predicted molar refractivity (Wildman–Crippen MR) is 91.6 cm³/mol. The molecule has 1 amide bonds. The van der Waals surface area contributed by atoms with E-state index in [0.717, 1.165) is 22.6 Å². The van der Waals surface area contributed by atoms with Crippen molar-refractivity contribution in [3.63, 3.8) is 0 Å². The lowest BCUT2D eigenvalue weighted by atomic mass is 9.93. The van der Waals surface area contributed by atoms with Crippen molar-refractivity contribution in [1.82, 2.24) is 19.9 Å². The Hall–Kier alpha value is -2.28. The third-order valence-corrected chi connectivity index (χ3v) is 4.94. The predicted octanol–water partition coefficient (Wildman–Crippen LogP) is 3.17. The zero-order chi connectivity index (χ0) is 16.9. The third-order valence-electron chi connectivity index (χ3n) is 4.06. The fraction of sp³-hybridized carbons (Fsp3) is 0.353. The minimum absolute atomic E-state index is 0.0104. The summed E-state index contributed by atoms with van der Waals surface area (Å²) in [5.41, 5.74) is 2.04. The van der Waals surface area contributed by atoms with Crippen molar-refractivity contribution in [3.8, 4) is 0 Å². The van der Waals surface area contributed by atoms with Crippen LogP contribution in [-0.4, -0.2) is 27.0 Å². The van der Waals surface area contributed by atoms with Crippen molar-refractivity contribution in [2.45, 2.75) is 32.1 Å². The summed E-state index contributed by atoms with van der Waals surface area (Å²) >= 11 is 1.54. The minimum atomic E-state index is -0.256. The van der Waals surface area contributed by atoms with Gasteiger partial charge in [0, 0.05) is 24.8 Å². The van der Waals surface area contributed by atoms with Gasteiger partial charge in [0.05, 0.1) is 5.69 Å². The van der Waals surface area contributed by atoms with E-state index in [1.807, 2.05) is 12.3 Å². The SMILES string of the molecule is CCC(CC(=O)NCCc1csc2ncnn12)c1ccc(F)cc1. The zero-order valence-electron chi connectivity index (χ0n) is 13.4. The molecule has 1 aromatic carbocycles. The monoisotopic (exact) mass is 346 g/mol. The number of nitrogens with zero attached hydrogens (tertiary/aromatic N) is 3. The highest BCUT2D eigenvalue weighted by molar-refractivity contribution is 7.15. The van der Waals surface area contributed by atoms with Crippen molar-refractivity contribution < 1.29 is 9.18 Å². The van der Waals surface area contributed by atoms with E-state index in [1.165, 1.54) is 29.8 Å². The molecule has 0 fully saturated rings. The molecule has 24 heavy (non-hydrogen) atoms. The Labute approximate surface area is 143 Å². The van der Waals surface area contributed by atoms with Gasteiger partial charge in [-0.15, -0.1) is 11.3 Å². The number of thiazole rings is 1. The number of hydrogen-bond acceptors (Lipinski definition) is 4. The van der Waals surface area contributed by atoms with Crippen molar-refractivity contribution in [1.29, 1.82) is 0 Å². The molecule has 1 atom stereocenters. The van der Waals surface area contributed by atoms with Crippen LogP contribution in [0.4, 0.5) is 4.39 Å². The number of aromatic nitrogens is 3. The molecule has 0 saturated heterocycles. The highest BCUT2D eigenvalue weighted by Crippen LogP contribution is 2.23. The van der Waals surface area contributed by atoms with E-state index in [-0.39, 0.29) is 17.6 Å². The molecule has 2 aromatic heterocycles. The molecule has 3 rings (SSSR count). The number of nitrogens with one attached hydrogen (secondary N) is 1. The van der Waals surface area contributed by atoms with Crippen molar-refractivity contribution in [2.75, 3.05) is 6.54 Å². The second kappa shape index (κ2) is 7.53. The number of benzene rings is 1. The van der Waals surface area contributed by atoms with Gasteiger partial charge in [-0.1, -0.05) is 19.1 Å². The summed E-state index contributed by atoms with van der Waals surface area (Å²) in [4.78, 5) is 17.2. The third kappa shape index (κ3) is 3.79. The Kier molecular flexibility index (Phi) is 5.20. The van der Waals surface area contributed by atoms with E-state index in [9.17, 15) is 9.18 Å². The lowest BCUT2D eigenvalue weighted by Crippen LogP contribution is -2.27. The Morgan fingerprint density at radius 3 is 2.92 bits per heavy atom. The average molecular weight is 346 g/mol. The van der Waals surface area contributed by atoms with Crippen molar-refractivity contribution in [3.05, 3.63) is 53.0 Å². The van der Waals surface area contributed by atoms with E-state index < -0.39 is 0 Å². The van der Waals surface area contributed by atoms with E-state index in [2.05, 4.69) is 15.4 Å². The van der Waals surface area contributed by atoms with Crippen molar-refractivity contribution >= 4 is 22.2 Å². The summed E-state index contributed by atoms with van der Waals surface area (Å²) < 4.78 is 14.8. The molecule has 0 saturated carbocycles. The summed E-state index contributed by atoms with van der Waals surface area (Å²) in [5, 5.41) is 9.12. The first kappa shape index (κ1) is 16.6. The quantitative estimate of drug-likeness (QED) is 0.715. The van der Waals surface area contributed by atoms with Crippen LogP contribution >= 0.6 is 11.3 Å². The second-order valence-electron chi connectivity index (χ2n) is 5.64. The van der Waals surface area contributed by atoms with E-state index in [4.69, 9.17) is 0 Å². The number of rotatable bonds is 7. The number of fused-ring (bicyclic) bond motifs is 1. The molecule has 5 nitrogen and oxygen atoms in total. The van der Waals surface area contributed by atoms with Crippen LogP contribution in [0.15, 0.2) is 36.0 Å². The first-order valence-corrected chi connectivity index (χ1v) is 8.83. The van der Waals surface area contributed by atoms with Gasteiger partial charge in [0.2, 0.25) is 10.9 Å². The van der Waals surface area contributed by atoms with Gasteiger partial charge in [-0.2, -0.15) is 5.10 Å². The fourth-order valence-corrected chi connectivity index (χ4v) is 3.53. The Morgan fingerprint density at radius 2 is 2.17 bits per heavy atom. The molecule has 0 spiro atoms. The highest BCUT2D eigenvalue weighted by atomic mass is 32.1. The minimum Gasteiger partial charge on any atom is -0.356 e. The van der Waals surface area contributed by atoms with E-state index >= 15 is 0 Å². The molecule has 7 heteroatoms. The smallest absolute Gasteiger partial charge is 0.220 e. The Bertz CT molecular complexity index is 811. The summed E-state index contributed by atoms with van der Waals surface area (Å²) in [6, 6.07) is 6.39. The molecule has 0 radical (unpaired) electrons. The number of hydrogen-bond donors (Lipinski definition) is 1. The van der Waals surface area contributed by atoms with Gasteiger partial charge in [-0.3, -0.25) is 4.79 Å². The lowest BCUT2D eigenvalue weighted by Gasteiger charge is -2.15. The Balaban J connectivity index is 1.51. The van der Waals surface area contributed by atoms with E-state index in [0.29, 0.717) is 19.4 Å². The molecule has 0 bridgehead atoms. The molecule has 0 aliphatic rings. The summed E-state index contributed by atoms with van der Waals surface area (Å²) in [5.74, 6) is -0.141. The van der Waals surface area contributed by atoms with Gasteiger partial charge in [-0.25, -0.2) is 13.9 Å². The lowest BCUT2D eigenvalue weighted by molar-refractivity contribution is -0.121. The number of amides is 1. The van der Waals surface area contributed by atoms with Crippen LogP contribution in [0.25, 0.3) is 4.96 Å². The summed E-state index contributed by atoms with van der Waals surface area (Å²) in [6.07, 6.45) is 3.48. The molecule has 1 N–H and O–H groups in total. The molecule has 0 aliphatic heterocycles.